The van der Waals surface area contributed by atoms with Crippen molar-refractivity contribution in [3.63, 3.8) is 0 Å². The lowest BCUT2D eigenvalue weighted by Gasteiger charge is -2.10. The molecule has 5 nitrogen and oxygen atoms in total. The van der Waals surface area contributed by atoms with Gasteiger partial charge in [-0.25, -0.2) is 4.98 Å². The Hall–Kier alpha value is -2.54. The molecule has 0 unspecified atom stereocenters. The molecule has 8 heteroatoms. The van der Waals surface area contributed by atoms with Crippen LogP contribution in [0.25, 0.3) is 22.2 Å². The molecule has 0 aliphatic carbocycles. The zero-order chi connectivity index (χ0) is 19.7. The number of para-hydroxylation sites is 1. The molecule has 0 aliphatic heterocycles. The van der Waals surface area contributed by atoms with Crippen LogP contribution in [0.15, 0.2) is 48.5 Å². The van der Waals surface area contributed by atoms with Crippen LogP contribution in [0.4, 0.5) is 5.13 Å². The standard InChI is InChI=1S/C20H14Cl2N4OS/c1-2-18-25-26-20(28-18)24-19(27)14-10-17(13-8-7-11(21)9-15(13)22)23-16-6-4-3-5-12(14)16/h3-10H,2H2,1H3,(H,24,26,27). The first-order chi connectivity index (χ1) is 13.5. The number of benzene rings is 2. The predicted octanol–water partition coefficient (Wildman–Crippen LogP) is 5.87. The van der Waals surface area contributed by atoms with E-state index in [0.717, 1.165) is 16.8 Å². The first-order valence-electron chi connectivity index (χ1n) is 8.54. The highest BCUT2D eigenvalue weighted by molar-refractivity contribution is 7.15. The molecule has 2 aromatic heterocycles. The van der Waals surface area contributed by atoms with Gasteiger partial charge in [0.25, 0.3) is 5.91 Å². The van der Waals surface area contributed by atoms with E-state index in [1.807, 2.05) is 31.2 Å². The molecule has 0 spiro atoms. The number of nitrogens with one attached hydrogen (secondary N) is 1. The number of pyridine rings is 1. The highest BCUT2D eigenvalue weighted by Gasteiger charge is 2.17. The first kappa shape index (κ1) is 18.8. The highest BCUT2D eigenvalue weighted by atomic mass is 35.5. The molecule has 2 aromatic carbocycles. The van der Waals surface area contributed by atoms with E-state index in [-0.39, 0.29) is 5.91 Å². The minimum Gasteiger partial charge on any atom is -0.296 e. The van der Waals surface area contributed by atoms with Crippen molar-refractivity contribution in [1.82, 2.24) is 15.2 Å². The average molecular weight is 429 g/mol. The number of hydrogen-bond acceptors (Lipinski definition) is 5. The number of amides is 1. The fraction of sp³-hybridized carbons (Fsp3) is 0.100. The van der Waals surface area contributed by atoms with Crippen molar-refractivity contribution in [2.24, 2.45) is 0 Å². The van der Waals surface area contributed by atoms with E-state index in [1.54, 1.807) is 24.3 Å². The Balaban J connectivity index is 1.81. The second-order valence-corrected chi connectivity index (χ2v) is 7.91. The lowest BCUT2D eigenvalue weighted by Crippen LogP contribution is -2.13. The maximum atomic E-state index is 13.0. The summed E-state index contributed by atoms with van der Waals surface area (Å²) in [6.45, 7) is 1.99. The van der Waals surface area contributed by atoms with Crippen LogP contribution in [-0.2, 0) is 6.42 Å². The summed E-state index contributed by atoms with van der Waals surface area (Å²) in [4.78, 5) is 17.7. The number of aromatic nitrogens is 3. The predicted molar refractivity (Wildman–Crippen MR) is 114 cm³/mol. The molecule has 140 valence electrons. The second kappa shape index (κ2) is 7.83. The molecule has 0 saturated carbocycles. The molecule has 4 rings (SSSR count). The summed E-state index contributed by atoms with van der Waals surface area (Å²) >= 11 is 13.7. The van der Waals surface area contributed by atoms with Crippen LogP contribution in [0.1, 0.15) is 22.3 Å². The van der Waals surface area contributed by atoms with Gasteiger partial charge in [-0.1, -0.05) is 59.7 Å². The highest BCUT2D eigenvalue weighted by Crippen LogP contribution is 2.32. The van der Waals surface area contributed by atoms with E-state index in [9.17, 15) is 4.79 Å². The summed E-state index contributed by atoms with van der Waals surface area (Å²) in [5.41, 5.74) is 2.48. The van der Waals surface area contributed by atoms with Crippen LogP contribution in [0.3, 0.4) is 0 Å². The van der Waals surface area contributed by atoms with Gasteiger partial charge in [-0.3, -0.25) is 10.1 Å². The summed E-state index contributed by atoms with van der Waals surface area (Å²) in [7, 11) is 0. The molecule has 0 fully saturated rings. The third-order valence-corrected chi connectivity index (χ3v) is 5.69. The molecular formula is C20H14Cl2N4OS. The van der Waals surface area contributed by atoms with E-state index in [2.05, 4.69) is 20.5 Å². The Morgan fingerprint density at radius 2 is 1.93 bits per heavy atom. The number of carbonyl (C=O) groups is 1. The van der Waals surface area contributed by atoms with Gasteiger partial charge in [-0.15, -0.1) is 10.2 Å². The third-order valence-electron chi connectivity index (χ3n) is 4.16. The summed E-state index contributed by atoms with van der Waals surface area (Å²) in [6, 6.07) is 14.4. The van der Waals surface area contributed by atoms with Crippen LogP contribution in [0.5, 0.6) is 0 Å². The van der Waals surface area contributed by atoms with Crippen molar-refractivity contribution >= 4 is 56.5 Å². The van der Waals surface area contributed by atoms with Crippen LogP contribution < -0.4 is 5.32 Å². The maximum Gasteiger partial charge on any atom is 0.258 e. The first-order valence-corrected chi connectivity index (χ1v) is 10.1. The minimum atomic E-state index is -0.274. The van der Waals surface area contributed by atoms with Crippen molar-refractivity contribution < 1.29 is 4.79 Å². The van der Waals surface area contributed by atoms with Gasteiger partial charge in [0.2, 0.25) is 5.13 Å². The Kier molecular flexibility index (Phi) is 5.26. The smallest absolute Gasteiger partial charge is 0.258 e. The second-order valence-electron chi connectivity index (χ2n) is 6.01. The van der Waals surface area contributed by atoms with E-state index in [0.29, 0.717) is 37.5 Å². The molecule has 0 atom stereocenters. The van der Waals surface area contributed by atoms with Gasteiger partial charge in [0, 0.05) is 16.0 Å². The molecular weight excluding hydrogens is 415 g/mol. The van der Waals surface area contributed by atoms with Gasteiger partial charge in [-0.05, 0) is 36.8 Å². The van der Waals surface area contributed by atoms with Crippen molar-refractivity contribution in [3.8, 4) is 11.3 Å². The van der Waals surface area contributed by atoms with E-state index in [1.165, 1.54) is 11.3 Å². The van der Waals surface area contributed by atoms with Crippen LogP contribution >= 0.6 is 34.5 Å². The molecule has 1 amide bonds. The van der Waals surface area contributed by atoms with Gasteiger partial charge in [0.05, 0.1) is 21.8 Å². The quantitative estimate of drug-likeness (QED) is 0.440. The van der Waals surface area contributed by atoms with Crippen LogP contribution in [0.2, 0.25) is 10.0 Å². The van der Waals surface area contributed by atoms with Crippen molar-refractivity contribution in [2.75, 3.05) is 5.32 Å². The summed E-state index contributed by atoms with van der Waals surface area (Å²) in [5, 5.41) is 14.0. The largest absolute Gasteiger partial charge is 0.296 e. The number of fused-ring (bicyclic) bond motifs is 1. The van der Waals surface area contributed by atoms with Crippen molar-refractivity contribution in [2.45, 2.75) is 13.3 Å². The van der Waals surface area contributed by atoms with Gasteiger partial charge in [-0.2, -0.15) is 0 Å². The molecule has 2 heterocycles. The summed E-state index contributed by atoms with van der Waals surface area (Å²) < 4.78 is 0. The fourth-order valence-electron chi connectivity index (χ4n) is 2.81. The minimum absolute atomic E-state index is 0.274. The third kappa shape index (κ3) is 3.71. The number of halogens is 2. The van der Waals surface area contributed by atoms with Crippen molar-refractivity contribution in [1.29, 1.82) is 0 Å². The normalized spacial score (nSPS) is 11.0. The maximum absolute atomic E-state index is 13.0. The van der Waals surface area contributed by atoms with Gasteiger partial charge < -0.3 is 0 Å². The van der Waals surface area contributed by atoms with E-state index < -0.39 is 0 Å². The van der Waals surface area contributed by atoms with Crippen LogP contribution in [-0.4, -0.2) is 21.1 Å². The van der Waals surface area contributed by atoms with Crippen LogP contribution in [0, 0.1) is 0 Å². The number of carbonyl (C=O) groups excluding carboxylic acids is 1. The summed E-state index contributed by atoms with van der Waals surface area (Å²) in [6.07, 6.45) is 0.769. The van der Waals surface area contributed by atoms with Gasteiger partial charge in [0.1, 0.15) is 5.01 Å². The summed E-state index contributed by atoms with van der Waals surface area (Å²) in [5.74, 6) is -0.274. The average Bonchev–Trinajstić information content (AvgIpc) is 3.14. The number of hydrogen-bond donors (Lipinski definition) is 1. The topological polar surface area (TPSA) is 67.8 Å². The molecule has 0 aliphatic rings. The van der Waals surface area contributed by atoms with E-state index in [4.69, 9.17) is 23.2 Å². The molecule has 1 N–H and O–H groups in total. The van der Waals surface area contributed by atoms with Crippen molar-refractivity contribution in [3.05, 3.63) is 69.1 Å². The number of anilines is 1. The number of rotatable bonds is 4. The molecule has 28 heavy (non-hydrogen) atoms. The number of aryl methyl sites for hydroxylation is 1. The molecule has 0 saturated heterocycles. The lowest BCUT2D eigenvalue weighted by atomic mass is 10.0. The molecule has 0 bridgehead atoms. The molecule has 0 radical (unpaired) electrons. The zero-order valence-electron chi connectivity index (χ0n) is 14.7. The van der Waals surface area contributed by atoms with Gasteiger partial charge >= 0.3 is 0 Å². The zero-order valence-corrected chi connectivity index (χ0v) is 17.1. The number of nitrogens with zero attached hydrogens (tertiary/aromatic N) is 3. The van der Waals surface area contributed by atoms with E-state index >= 15 is 0 Å². The van der Waals surface area contributed by atoms with Gasteiger partial charge in [0.15, 0.2) is 0 Å². The lowest BCUT2D eigenvalue weighted by molar-refractivity contribution is 0.102. The molecule has 4 aromatic rings. The SMILES string of the molecule is CCc1nnc(NC(=O)c2cc(-c3ccc(Cl)cc3Cl)nc3ccccc23)s1. The Morgan fingerprint density at radius 3 is 2.68 bits per heavy atom. The Bertz CT molecular complexity index is 1190. The Morgan fingerprint density at radius 1 is 1.11 bits per heavy atom. The monoisotopic (exact) mass is 428 g/mol. The fourth-order valence-corrected chi connectivity index (χ4v) is 3.99. The Labute approximate surface area is 175 Å².